The van der Waals surface area contributed by atoms with Crippen LogP contribution >= 0.6 is 15.9 Å². The quantitative estimate of drug-likeness (QED) is 0.842. The van der Waals surface area contributed by atoms with Crippen LogP contribution in [0.25, 0.3) is 0 Å². The Morgan fingerprint density at radius 2 is 1.81 bits per heavy atom. The smallest absolute Gasteiger partial charge is 0.258 e. The molecule has 0 fully saturated rings. The van der Waals surface area contributed by atoms with Crippen LogP contribution in [-0.4, -0.2) is 24.2 Å². The van der Waals surface area contributed by atoms with E-state index in [4.69, 9.17) is 4.74 Å². The minimum atomic E-state index is -0.424. The molecule has 0 aliphatic rings. The number of rotatable bonds is 6. The molecule has 0 unspecified atom stereocenters. The van der Waals surface area contributed by atoms with Gasteiger partial charge in [0.05, 0.1) is 12.6 Å². The monoisotopic (exact) mass is 349 g/mol. The van der Waals surface area contributed by atoms with Gasteiger partial charge < -0.3 is 15.2 Å². The van der Waals surface area contributed by atoms with E-state index >= 15 is 0 Å². The molecule has 0 aliphatic carbocycles. The number of nitrogens with one attached hydrogen (secondary N) is 1. The van der Waals surface area contributed by atoms with E-state index in [9.17, 15) is 9.90 Å². The summed E-state index contributed by atoms with van der Waals surface area (Å²) >= 11 is 3.33. The molecule has 2 aromatic carbocycles. The normalized spacial score (nSPS) is 11.7. The van der Waals surface area contributed by atoms with Crippen molar-refractivity contribution < 1.29 is 14.6 Å². The molecule has 2 aromatic rings. The van der Waals surface area contributed by atoms with Gasteiger partial charge >= 0.3 is 0 Å². The number of halogens is 1. The third kappa shape index (κ3) is 4.88. The second-order valence-corrected chi connectivity index (χ2v) is 5.37. The third-order valence-corrected chi connectivity index (χ3v) is 3.43. The molecule has 5 heteroatoms. The maximum absolute atomic E-state index is 11.9. The van der Waals surface area contributed by atoms with Crippen molar-refractivity contribution in [3.63, 3.8) is 0 Å². The van der Waals surface area contributed by atoms with Crippen LogP contribution in [0.1, 0.15) is 11.6 Å². The molecule has 0 aliphatic heterocycles. The third-order valence-electron chi connectivity index (χ3n) is 2.90. The molecule has 0 saturated carbocycles. The Balaban J connectivity index is 1.87. The standard InChI is InChI=1S/C16H16BrNO3/c17-13-6-8-14(9-7-13)21-11-16(20)18-15(10-19)12-4-2-1-3-5-12/h1-9,15,19H,10-11H2,(H,18,20)/t15-/m0/s1. The highest BCUT2D eigenvalue weighted by Crippen LogP contribution is 2.16. The van der Waals surface area contributed by atoms with Crippen LogP contribution in [0.3, 0.4) is 0 Å². The van der Waals surface area contributed by atoms with Crippen LogP contribution in [0.2, 0.25) is 0 Å². The van der Waals surface area contributed by atoms with Gasteiger partial charge in [-0.15, -0.1) is 0 Å². The number of hydrogen-bond acceptors (Lipinski definition) is 3. The lowest BCUT2D eigenvalue weighted by Gasteiger charge is -2.17. The zero-order valence-electron chi connectivity index (χ0n) is 11.3. The van der Waals surface area contributed by atoms with Gasteiger partial charge in [0, 0.05) is 4.47 Å². The summed E-state index contributed by atoms with van der Waals surface area (Å²) in [5.74, 6) is 0.342. The molecule has 2 rings (SSSR count). The summed E-state index contributed by atoms with van der Waals surface area (Å²) in [7, 11) is 0. The molecule has 0 bridgehead atoms. The summed E-state index contributed by atoms with van der Waals surface area (Å²) in [5.41, 5.74) is 0.858. The van der Waals surface area contributed by atoms with Crippen molar-refractivity contribution >= 4 is 21.8 Å². The van der Waals surface area contributed by atoms with Gasteiger partial charge in [-0.25, -0.2) is 0 Å². The topological polar surface area (TPSA) is 58.6 Å². The molecule has 0 saturated heterocycles. The van der Waals surface area contributed by atoms with Crippen molar-refractivity contribution in [3.8, 4) is 5.75 Å². The van der Waals surface area contributed by atoms with Gasteiger partial charge in [-0.1, -0.05) is 46.3 Å². The zero-order chi connectivity index (χ0) is 15.1. The lowest BCUT2D eigenvalue weighted by atomic mass is 10.1. The Kier molecular flexibility index (Phi) is 5.78. The fourth-order valence-corrected chi connectivity index (χ4v) is 2.10. The Labute approximate surface area is 131 Å². The number of carbonyl (C=O) groups is 1. The van der Waals surface area contributed by atoms with E-state index < -0.39 is 6.04 Å². The number of carbonyl (C=O) groups excluding carboxylic acids is 1. The largest absolute Gasteiger partial charge is 0.484 e. The minimum absolute atomic E-state index is 0.0923. The Morgan fingerprint density at radius 3 is 2.43 bits per heavy atom. The van der Waals surface area contributed by atoms with Crippen LogP contribution in [0.4, 0.5) is 0 Å². The molecule has 0 spiro atoms. The second kappa shape index (κ2) is 7.81. The van der Waals surface area contributed by atoms with Crippen LogP contribution in [-0.2, 0) is 4.79 Å². The fraction of sp³-hybridized carbons (Fsp3) is 0.188. The van der Waals surface area contributed by atoms with Crippen molar-refractivity contribution in [1.82, 2.24) is 5.32 Å². The van der Waals surface area contributed by atoms with Crippen molar-refractivity contribution in [1.29, 1.82) is 0 Å². The molecular formula is C16H16BrNO3. The van der Waals surface area contributed by atoms with Gasteiger partial charge in [-0.2, -0.15) is 0 Å². The van der Waals surface area contributed by atoms with Crippen molar-refractivity contribution in [2.75, 3.05) is 13.2 Å². The number of amides is 1. The number of aliphatic hydroxyl groups excluding tert-OH is 1. The van der Waals surface area contributed by atoms with Crippen LogP contribution in [0.15, 0.2) is 59.1 Å². The van der Waals surface area contributed by atoms with E-state index in [1.807, 2.05) is 42.5 Å². The van der Waals surface area contributed by atoms with Gasteiger partial charge in [0.15, 0.2) is 6.61 Å². The Hall–Kier alpha value is -1.85. The average molecular weight is 350 g/mol. The van der Waals surface area contributed by atoms with Crippen molar-refractivity contribution in [2.24, 2.45) is 0 Å². The number of ether oxygens (including phenoxy) is 1. The SMILES string of the molecule is O=C(COc1ccc(Br)cc1)N[C@@H](CO)c1ccccc1. The summed E-state index contributed by atoms with van der Waals surface area (Å²) in [4.78, 5) is 11.9. The first-order valence-corrected chi connectivity index (χ1v) is 7.32. The molecule has 4 nitrogen and oxygen atoms in total. The van der Waals surface area contributed by atoms with Crippen LogP contribution in [0, 0.1) is 0 Å². The number of aliphatic hydroxyl groups is 1. The lowest BCUT2D eigenvalue weighted by Crippen LogP contribution is -2.34. The predicted molar refractivity (Wildman–Crippen MR) is 84.0 cm³/mol. The van der Waals surface area contributed by atoms with E-state index in [0.29, 0.717) is 5.75 Å². The van der Waals surface area contributed by atoms with Gasteiger partial charge in [0.1, 0.15) is 5.75 Å². The van der Waals surface area contributed by atoms with Gasteiger partial charge in [-0.3, -0.25) is 4.79 Å². The Bertz CT molecular complexity index is 572. The fourth-order valence-electron chi connectivity index (χ4n) is 1.84. The van der Waals surface area contributed by atoms with Crippen LogP contribution < -0.4 is 10.1 Å². The van der Waals surface area contributed by atoms with Gasteiger partial charge in [0.2, 0.25) is 0 Å². The summed E-state index contributed by atoms with van der Waals surface area (Å²) < 4.78 is 6.34. The molecule has 110 valence electrons. The lowest BCUT2D eigenvalue weighted by molar-refractivity contribution is -0.124. The molecule has 0 radical (unpaired) electrons. The summed E-state index contributed by atoms with van der Waals surface area (Å²) in [6, 6.07) is 16.1. The predicted octanol–water partition coefficient (Wildman–Crippen LogP) is 2.68. The van der Waals surface area contributed by atoms with E-state index in [0.717, 1.165) is 10.0 Å². The minimum Gasteiger partial charge on any atom is -0.484 e. The maximum Gasteiger partial charge on any atom is 0.258 e. The molecule has 21 heavy (non-hydrogen) atoms. The summed E-state index contributed by atoms with van der Waals surface area (Å²) in [6.45, 7) is -0.251. The molecular weight excluding hydrogens is 334 g/mol. The first-order chi connectivity index (χ1) is 10.2. The second-order valence-electron chi connectivity index (χ2n) is 4.46. The summed E-state index contributed by atoms with van der Waals surface area (Å²) in [6.07, 6.45) is 0. The van der Waals surface area contributed by atoms with Crippen molar-refractivity contribution in [2.45, 2.75) is 6.04 Å². The number of hydrogen-bond donors (Lipinski definition) is 2. The average Bonchev–Trinajstić information content (AvgIpc) is 2.53. The first kappa shape index (κ1) is 15.5. The zero-order valence-corrected chi connectivity index (χ0v) is 12.9. The maximum atomic E-state index is 11.9. The Morgan fingerprint density at radius 1 is 1.14 bits per heavy atom. The highest BCUT2D eigenvalue weighted by Gasteiger charge is 2.13. The van der Waals surface area contributed by atoms with E-state index in [1.54, 1.807) is 12.1 Å². The van der Waals surface area contributed by atoms with E-state index in [-0.39, 0.29) is 19.1 Å². The molecule has 2 N–H and O–H groups in total. The molecule has 0 heterocycles. The van der Waals surface area contributed by atoms with Gasteiger partial charge in [0.25, 0.3) is 5.91 Å². The number of benzene rings is 2. The van der Waals surface area contributed by atoms with E-state index in [1.165, 1.54) is 0 Å². The molecule has 1 amide bonds. The highest BCUT2D eigenvalue weighted by atomic mass is 79.9. The van der Waals surface area contributed by atoms with Crippen molar-refractivity contribution in [3.05, 3.63) is 64.6 Å². The van der Waals surface area contributed by atoms with Crippen LogP contribution in [0.5, 0.6) is 5.75 Å². The molecule has 1 atom stereocenters. The summed E-state index contributed by atoms with van der Waals surface area (Å²) in [5, 5.41) is 12.1. The first-order valence-electron chi connectivity index (χ1n) is 6.52. The highest BCUT2D eigenvalue weighted by molar-refractivity contribution is 9.10. The molecule has 0 aromatic heterocycles. The van der Waals surface area contributed by atoms with Gasteiger partial charge in [-0.05, 0) is 29.8 Å². The van der Waals surface area contributed by atoms with E-state index in [2.05, 4.69) is 21.2 Å².